The van der Waals surface area contributed by atoms with Crippen LogP contribution in [0.1, 0.15) is 32.1 Å². The normalized spacial score (nSPS) is 34.4. The fourth-order valence-electron chi connectivity index (χ4n) is 2.22. The highest BCUT2D eigenvalue weighted by atomic mass is 15.3. The van der Waals surface area contributed by atoms with E-state index in [1.165, 1.54) is 51.7 Å². The zero-order valence-corrected chi connectivity index (χ0v) is 7.18. The quantitative estimate of drug-likeness (QED) is 0.563. The van der Waals surface area contributed by atoms with Gasteiger partial charge in [-0.1, -0.05) is 12.8 Å². The Bertz CT molecular complexity index is 111. The van der Waals surface area contributed by atoms with Crippen molar-refractivity contribution in [2.24, 2.45) is 0 Å². The van der Waals surface area contributed by atoms with E-state index in [2.05, 4.69) is 10.2 Å². The SMILES string of the molecule is C1CC[C@@H]2NCCCN2CC1. The van der Waals surface area contributed by atoms with Gasteiger partial charge in [0.15, 0.2) is 0 Å². The second-order valence-corrected chi connectivity index (χ2v) is 3.71. The first-order valence-corrected chi connectivity index (χ1v) is 4.94. The van der Waals surface area contributed by atoms with Gasteiger partial charge >= 0.3 is 0 Å². The standard InChI is InChI=1S/C9H18N2/c1-2-5-9-10-6-4-8-11(9)7-3-1/h9-10H,1-8H2/t9-/m1/s1. The Balaban J connectivity index is 1.93. The molecule has 2 rings (SSSR count). The maximum atomic E-state index is 3.59. The maximum Gasteiger partial charge on any atom is 0.0597 e. The first kappa shape index (κ1) is 7.56. The summed E-state index contributed by atoms with van der Waals surface area (Å²) < 4.78 is 0. The fraction of sp³-hybridized carbons (Fsp3) is 1.00. The van der Waals surface area contributed by atoms with Crippen LogP contribution >= 0.6 is 0 Å². The molecule has 2 fully saturated rings. The molecule has 0 aliphatic carbocycles. The van der Waals surface area contributed by atoms with E-state index in [-0.39, 0.29) is 0 Å². The third kappa shape index (κ3) is 1.74. The highest BCUT2D eigenvalue weighted by molar-refractivity contribution is 4.77. The molecule has 2 nitrogen and oxygen atoms in total. The van der Waals surface area contributed by atoms with E-state index in [0.717, 1.165) is 6.17 Å². The van der Waals surface area contributed by atoms with Gasteiger partial charge in [0, 0.05) is 6.54 Å². The molecule has 64 valence electrons. The molecule has 2 saturated heterocycles. The lowest BCUT2D eigenvalue weighted by Crippen LogP contribution is -2.50. The number of nitrogens with one attached hydrogen (secondary N) is 1. The van der Waals surface area contributed by atoms with E-state index >= 15 is 0 Å². The largest absolute Gasteiger partial charge is 0.302 e. The summed E-state index contributed by atoms with van der Waals surface area (Å²) in [7, 11) is 0. The minimum atomic E-state index is 0.728. The van der Waals surface area contributed by atoms with Gasteiger partial charge in [-0.25, -0.2) is 0 Å². The van der Waals surface area contributed by atoms with Gasteiger partial charge in [0.1, 0.15) is 0 Å². The Hall–Kier alpha value is -0.0800. The van der Waals surface area contributed by atoms with Gasteiger partial charge in [0.25, 0.3) is 0 Å². The number of hydrogen-bond donors (Lipinski definition) is 1. The summed E-state index contributed by atoms with van der Waals surface area (Å²) in [5.41, 5.74) is 0. The third-order valence-electron chi connectivity index (χ3n) is 2.87. The molecule has 2 heteroatoms. The van der Waals surface area contributed by atoms with Gasteiger partial charge in [-0.05, 0) is 32.4 Å². The number of nitrogens with zero attached hydrogens (tertiary/aromatic N) is 1. The van der Waals surface area contributed by atoms with Crippen molar-refractivity contribution in [2.45, 2.75) is 38.3 Å². The topological polar surface area (TPSA) is 15.3 Å². The summed E-state index contributed by atoms with van der Waals surface area (Å²) >= 11 is 0. The van der Waals surface area contributed by atoms with Gasteiger partial charge in [-0.2, -0.15) is 0 Å². The van der Waals surface area contributed by atoms with Gasteiger partial charge < -0.3 is 5.32 Å². The lowest BCUT2D eigenvalue weighted by molar-refractivity contribution is 0.134. The van der Waals surface area contributed by atoms with Crippen LogP contribution in [0.15, 0.2) is 0 Å². The zero-order valence-electron chi connectivity index (χ0n) is 7.18. The van der Waals surface area contributed by atoms with Gasteiger partial charge in [0.05, 0.1) is 6.17 Å². The fourth-order valence-corrected chi connectivity index (χ4v) is 2.22. The van der Waals surface area contributed by atoms with Crippen LogP contribution in [-0.2, 0) is 0 Å². The Morgan fingerprint density at radius 1 is 1.00 bits per heavy atom. The molecule has 0 spiro atoms. The van der Waals surface area contributed by atoms with Crippen LogP contribution in [0.3, 0.4) is 0 Å². The Morgan fingerprint density at radius 2 is 1.91 bits per heavy atom. The van der Waals surface area contributed by atoms with Crippen molar-refractivity contribution in [3.63, 3.8) is 0 Å². The molecule has 0 aromatic carbocycles. The number of fused-ring (bicyclic) bond motifs is 1. The Morgan fingerprint density at radius 3 is 2.91 bits per heavy atom. The number of rotatable bonds is 0. The van der Waals surface area contributed by atoms with Crippen LogP contribution in [0.5, 0.6) is 0 Å². The molecular weight excluding hydrogens is 136 g/mol. The maximum absolute atomic E-state index is 3.59. The molecule has 2 heterocycles. The minimum absolute atomic E-state index is 0.728. The van der Waals surface area contributed by atoms with Gasteiger partial charge in [-0.15, -0.1) is 0 Å². The second kappa shape index (κ2) is 3.55. The highest BCUT2D eigenvalue weighted by Crippen LogP contribution is 2.17. The van der Waals surface area contributed by atoms with E-state index in [1.54, 1.807) is 0 Å². The first-order chi connectivity index (χ1) is 5.47. The van der Waals surface area contributed by atoms with E-state index in [0.29, 0.717) is 0 Å². The summed E-state index contributed by atoms with van der Waals surface area (Å²) in [6.45, 7) is 3.90. The summed E-state index contributed by atoms with van der Waals surface area (Å²) in [6.07, 6.45) is 7.73. The summed E-state index contributed by atoms with van der Waals surface area (Å²) in [4.78, 5) is 2.62. The van der Waals surface area contributed by atoms with Crippen LogP contribution < -0.4 is 5.32 Å². The summed E-state index contributed by atoms with van der Waals surface area (Å²) in [5, 5.41) is 3.59. The smallest absolute Gasteiger partial charge is 0.0597 e. The average molecular weight is 154 g/mol. The molecule has 0 amide bonds. The predicted molar refractivity (Wildman–Crippen MR) is 46.4 cm³/mol. The van der Waals surface area contributed by atoms with Gasteiger partial charge in [-0.3, -0.25) is 4.90 Å². The molecule has 2 aliphatic rings. The van der Waals surface area contributed by atoms with Crippen molar-refractivity contribution in [1.29, 1.82) is 0 Å². The average Bonchev–Trinajstić information content (AvgIpc) is 2.28. The highest BCUT2D eigenvalue weighted by Gasteiger charge is 2.22. The van der Waals surface area contributed by atoms with Crippen molar-refractivity contribution >= 4 is 0 Å². The molecule has 2 aliphatic heterocycles. The van der Waals surface area contributed by atoms with E-state index in [4.69, 9.17) is 0 Å². The Labute approximate surface area is 69.0 Å². The van der Waals surface area contributed by atoms with Crippen molar-refractivity contribution in [1.82, 2.24) is 10.2 Å². The van der Waals surface area contributed by atoms with E-state index in [9.17, 15) is 0 Å². The van der Waals surface area contributed by atoms with Crippen LogP contribution in [0, 0.1) is 0 Å². The first-order valence-electron chi connectivity index (χ1n) is 4.94. The molecule has 1 N–H and O–H groups in total. The second-order valence-electron chi connectivity index (χ2n) is 3.71. The van der Waals surface area contributed by atoms with E-state index < -0.39 is 0 Å². The number of hydrogen-bond acceptors (Lipinski definition) is 2. The molecule has 1 atom stereocenters. The van der Waals surface area contributed by atoms with Crippen molar-refractivity contribution < 1.29 is 0 Å². The molecule has 0 radical (unpaired) electrons. The molecule has 0 aromatic rings. The van der Waals surface area contributed by atoms with Crippen molar-refractivity contribution in [3.05, 3.63) is 0 Å². The molecule has 0 saturated carbocycles. The van der Waals surface area contributed by atoms with Gasteiger partial charge in [0.2, 0.25) is 0 Å². The Kier molecular flexibility index (Phi) is 2.44. The van der Waals surface area contributed by atoms with Crippen LogP contribution in [0.25, 0.3) is 0 Å². The lowest BCUT2D eigenvalue weighted by Gasteiger charge is -2.34. The van der Waals surface area contributed by atoms with Crippen molar-refractivity contribution in [2.75, 3.05) is 19.6 Å². The summed E-state index contributed by atoms with van der Waals surface area (Å²) in [5.74, 6) is 0. The lowest BCUT2D eigenvalue weighted by atomic mass is 10.2. The monoisotopic (exact) mass is 154 g/mol. The van der Waals surface area contributed by atoms with E-state index in [1.807, 2.05) is 0 Å². The molecule has 0 unspecified atom stereocenters. The predicted octanol–water partition coefficient (Wildman–Crippen LogP) is 1.18. The summed E-state index contributed by atoms with van der Waals surface area (Å²) in [6, 6.07) is 0. The van der Waals surface area contributed by atoms with Crippen LogP contribution in [0.4, 0.5) is 0 Å². The molecule has 0 bridgehead atoms. The van der Waals surface area contributed by atoms with Crippen molar-refractivity contribution in [3.8, 4) is 0 Å². The van der Waals surface area contributed by atoms with Crippen LogP contribution in [-0.4, -0.2) is 30.7 Å². The third-order valence-corrected chi connectivity index (χ3v) is 2.87. The zero-order chi connectivity index (χ0) is 7.52. The van der Waals surface area contributed by atoms with Crippen LogP contribution in [0.2, 0.25) is 0 Å². The molecule has 0 aromatic heterocycles. The molecule has 11 heavy (non-hydrogen) atoms. The minimum Gasteiger partial charge on any atom is -0.302 e. The molecular formula is C9H18N2.